The summed E-state index contributed by atoms with van der Waals surface area (Å²) in [7, 11) is 0. The second-order valence-electron chi connectivity index (χ2n) is 4.96. The quantitative estimate of drug-likeness (QED) is 0.849. The molecule has 1 aromatic rings. The third kappa shape index (κ3) is 4.09. The summed E-state index contributed by atoms with van der Waals surface area (Å²) in [5, 5.41) is 8.99. The van der Waals surface area contributed by atoms with Crippen LogP contribution < -0.4 is 0 Å². The molecule has 0 radical (unpaired) electrons. The Morgan fingerprint density at radius 2 is 2.22 bits per heavy atom. The van der Waals surface area contributed by atoms with Gasteiger partial charge in [0.2, 0.25) is 0 Å². The van der Waals surface area contributed by atoms with Gasteiger partial charge in [0.25, 0.3) is 0 Å². The summed E-state index contributed by atoms with van der Waals surface area (Å²) >= 11 is 1.49. The minimum Gasteiger partial charge on any atom is -0.480 e. The van der Waals surface area contributed by atoms with E-state index in [1.165, 1.54) is 43.9 Å². The fourth-order valence-electron chi connectivity index (χ4n) is 2.54. The molecular weight excluding hydrogens is 248 g/mol. The molecule has 0 aromatic carbocycles. The highest BCUT2D eigenvalue weighted by Gasteiger charge is 2.24. The lowest BCUT2D eigenvalue weighted by atomic mass is 9.86. The van der Waals surface area contributed by atoms with Crippen LogP contribution in [0.25, 0.3) is 0 Å². The largest absolute Gasteiger partial charge is 0.480 e. The Labute approximate surface area is 112 Å². The van der Waals surface area contributed by atoms with E-state index >= 15 is 0 Å². The lowest BCUT2D eigenvalue weighted by Crippen LogP contribution is -2.22. The predicted octanol–water partition coefficient (Wildman–Crippen LogP) is 3.94. The van der Waals surface area contributed by atoms with Crippen LogP contribution in [-0.4, -0.2) is 16.3 Å². The fourth-order valence-corrected chi connectivity index (χ4v) is 3.62. The van der Waals surface area contributed by atoms with Gasteiger partial charge in [-0.25, -0.2) is 0 Å². The van der Waals surface area contributed by atoms with Gasteiger partial charge in [0.15, 0.2) is 0 Å². The molecule has 2 rings (SSSR count). The summed E-state index contributed by atoms with van der Waals surface area (Å²) in [6, 6.07) is 3.74. The topological polar surface area (TPSA) is 50.4 Å². The Morgan fingerprint density at radius 3 is 2.83 bits per heavy atom. The highest BCUT2D eigenvalue weighted by atomic mass is 32.2. The second kappa shape index (κ2) is 6.88. The van der Waals surface area contributed by atoms with Gasteiger partial charge in [0.05, 0.1) is 12.0 Å². The first kappa shape index (κ1) is 13.5. The lowest BCUT2D eigenvalue weighted by molar-refractivity contribution is -0.136. The van der Waals surface area contributed by atoms with Crippen molar-refractivity contribution < 1.29 is 14.3 Å². The van der Waals surface area contributed by atoms with Crippen LogP contribution in [0.15, 0.2) is 22.8 Å². The first-order valence-corrected chi connectivity index (χ1v) is 7.67. The van der Waals surface area contributed by atoms with Crippen molar-refractivity contribution in [1.82, 2.24) is 0 Å². The molecule has 0 unspecified atom stereocenters. The molecule has 4 heteroatoms. The Hall–Kier alpha value is -0.900. The van der Waals surface area contributed by atoms with Gasteiger partial charge < -0.3 is 9.52 Å². The van der Waals surface area contributed by atoms with Crippen molar-refractivity contribution in [2.24, 2.45) is 5.92 Å². The van der Waals surface area contributed by atoms with Gasteiger partial charge in [0, 0.05) is 0 Å². The van der Waals surface area contributed by atoms with Crippen molar-refractivity contribution in [2.75, 3.05) is 0 Å². The molecule has 0 bridgehead atoms. The Bertz CT molecular complexity index is 355. The van der Waals surface area contributed by atoms with E-state index in [4.69, 9.17) is 4.42 Å². The van der Waals surface area contributed by atoms with Crippen LogP contribution in [0.3, 0.4) is 0 Å². The van der Waals surface area contributed by atoms with E-state index in [0.29, 0.717) is 11.7 Å². The maximum atomic E-state index is 11.3. The minimum absolute atomic E-state index is 0.293. The average Bonchev–Trinajstić information content (AvgIpc) is 2.88. The van der Waals surface area contributed by atoms with Crippen LogP contribution in [0.2, 0.25) is 0 Å². The zero-order valence-electron chi connectivity index (χ0n) is 10.5. The van der Waals surface area contributed by atoms with Crippen LogP contribution in [0.5, 0.6) is 0 Å². The average molecular weight is 268 g/mol. The third-order valence-corrected chi connectivity index (χ3v) is 4.80. The molecule has 1 N–H and O–H groups in total. The van der Waals surface area contributed by atoms with Gasteiger partial charge in [0.1, 0.15) is 11.0 Å². The van der Waals surface area contributed by atoms with E-state index in [1.54, 1.807) is 6.26 Å². The highest BCUT2D eigenvalue weighted by molar-refractivity contribution is 7.99. The maximum absolute atomic E-state index is 11.3. The molecule has 1 aromatic heterocycles. The molecule has 0 amide bonds. The number of hydrogen-bond acceptors (Lipinski definition) is 3. The highest BCUT2D eigenvalue weighted by Crippen LogP contribution is 2.32. The summed E-state index contributed by atoms with van der Waals surface area (Å²) < 4.78 is 5.24. The lowest BCUT2D eigenvalue weighted by Gasteiger charge is -2.24. The first-order valence-electron chi connectivity index (χ1n) is 6.62. The Morgan fingerprint density at radius 1 is 1.44 bits per heavy atom. The van der Waals surface area contributed by atoms with E-state index in [2.05, 4.69) is 0 Å². The zero-order valence-corrected chi connectivity index (χ0v) is 11.3. The first-order chi connectivity index (χ1) is 8.75. The van der Waals surface area contributed by atoms with E-state index in [-0.39, 0.29) is 5.25 Å². The SMILES string of the molecule is O=C(O)[C@H](CC1CCCCC1)SCc1ccco1. The predicted molar refractivity (Wildman–Crippen MR) is 72.6 cm³/mol. The van der Waals surface area contributed by atoms with Crippen LogP contribution in [-0.2, 0) is 10.5 Å². The summed E-state index contributed by atoms with van der Waals surface area (Å²) in [5.74, 6) is 1.42. The summed E-state index contributed by atoms with van der Waals surface area (Å²) in [5.41, 5.74) is 0. The van der Waals surface area contributed by atoms with Gasteiger partial charge in [-0.15, -0.1) is 11.8 Å². The summed E-state index contributed by atoms with van der Waals surface area (Å²) in [6.07, 6.45) is 8.68. The van der Waals surface area contributed by atoms with Crippen molar-refractivity contribution in [2.45, 2.75) is 49.5 Å². The molecule has 0 saturated heterocycles. The van der Waals surface area contributed by atoms with Crippen molar-refractivity contribution in [3.05, 3.63) is 24.2 Å². The standard InChI is InChI=1S/C14H20O3S/c15-14(16)13(9-11-5-2-1-3-6-11)18-10-12-7-4-8-17-12/h4,7-8,11,13H,1-3,5-6,9-10H2,(H,15,16)/t13-/m0/s1. The Kier molecular flexibility index (Phi) is 5.17. The summed E-state index contributed by atoms with van der Waals surface area (Å²) in [6.45, 7) is 0. The molecule has 1 heterocycles. The van der Waals surface area contributed by atoms with Gasteiger partial charge >= 0.3 is 5.97 Å². The van der Waals surface area contributed by atoms with Crippen molar-refractivity contribution >= 4 is 17.7 Å². The number of hydrogen-bond donors (Lipinski definition) is 1. The molecule has 1 atom stereocenters. The van der Waals surface area contributed by atoms with E-state index in [1.807, 2.05) is 12.1 Å². The van der Waals surface area contributed by atoms with Crippen LogP contribution >= 0.6 is 11.8 Å². The molecule has 3 nitrogen and oxygen atoms in total. The molecule has 100 valence electrons. The molecule has 1 saturated carbocycles. The molecule has 0 aliphatic heterocycles. The molecule has 1 aliphatic rings. The van der Waals surface area contributed by atoms with E-state index in [9.17, 15) is 9.90 Å². The van der Waals surface area contributed by atoms with Crippen LogP contribution in [0.4, 0.5) is 0 Å². The van der Waals surface area contributed by atoms with Crippen LogP contribution in [0, 0.1) is 5.92 Å². The molecule has 0 spiro atoms. The molecule has 18 heavy (non-hydrogen) atoms. The molecular formula is C14H20O3S. The number of carboxylic acids is 1. The zero-order chi connectivity index (χ0) is 12.8. The smallest absolute Gasteiger partial charge is 0.316 e. The number of rotatable bonds is 6. The number of carbonyl (C=O) groups is 1. The number of aliphatic carboxylic acids is 1. The Balaban J connectivity index is 1.81. The minimum atomic E-state index is -0.683. The number of thioether (sulfide) groups is 1. The third-order valence-electron chi connectivity index (χ3n) is 3.55. The van der Waals surface area contributed by atoms with Gasteiger partial charge in [-0.2, -0.15) is 0 Å². The molecule has 1 fully saturated rings. The monoisotopic (exact) mass is 268 g/mol. The van der Waals surface area contributed by atoms with Gasteiger partial charge in [-0.05, 0) is 24.5 Å². The molecule has 1 aliphatic carbocycles. The van der Waals surface area contributed by atoms with Crippen molar-refractivity contribution in [1.29, 1.82) is 0 Å². The van der Waals surface area contributed by atoms with Gasteiger partial charge in [-0.3, -0.25) is 4.79 Å². The van der Waals surface area contributed by atoms with Crippen LogP contribution in [0.1, 0.15) is 44.3 Å². The van der Waals surface area contributed by atoms with Gasteiger partial charge in [-0.1, -0.05) is 32.1 Å². The normalized spacial score (nSPS) is 18.7. The fraction of sp³-hybridized carbons (Fsp3) is 0.643. The number of carboxylic acid groups (broad SMARTS) is 1. The van der Waals surface area contributed by atoms with Crippen molar-refractivity contribution in [3.63, 3.8) is 0 Å². The van der Waals surface area contributed by atoms with E-state index < -0.39 is 5.97 Å². The second-order valence-corrected chi connectivity index (χ2v) is 6.15. The van der Waals surface area contributed by atoms with E-state index in [0.717, 1.165) is 12.2 Å². The summed E-state index contributed by atoms with van der Waals surface area (Å²) in [4.78, 5) is 11.3. The van der Waals surface area contributed by atoms with Crippen molar-refractivity contribution in [3.8, 4) is 0 Å². The number of furan rings is 1. The maximum Gasteiger partial charge on any atom is 0.316 e.